The van der Waals surface area contributed by atoms with Gasteiger partial charge in [0.05, 0.1) is 6.61 Å². The molecule has 0 atom stereocenters. The Kier molecular flexibility index (Phi) is 4.18. The Morgan fingerprint density at radius 1 is 1.53 bits per heavy atom. The van der Waals surface area contributed by atoms with Crippen molar-refractivity contribution >= 4 is 5.91 Å². The fourth-order valence-electron chi connectivity index (χ4n) is 1.60. The summed E-state index contributed by atoms with van der Waals surface area (Å²) >= 11 is 0. The van der Waals surface area contributed by atoms with Gasteiger partial charge in [0.1, 0.15) is 5.69 Å². The number of carbonyl (C=O) groups is 1. The molecule has 0 saturated heterocycles. The maximum atomic E-state index is 11.8. The highest BCUT2D eigenvalue weighted by molar-refractivity contribution is 5.92. The van der Waals surface area contributed by atoms with Gasteiger partial charge in [-0.3, -0.25) is 4.79 Å². The predicted molar refractivity (Wildman–Crippen MR) is 72.5 cm³/mol. The molecule has 1 aromatic heterocycles. The van der Waals surface area contributed by atoms with Gasteiger partial charge in [0.2, 0.25) is 0 Å². The highest BCUT2D eigenvalue weighted by Crippen LogP contribution is 2.44. The van der Waals surface area contributed by atoms with Crippen molar-refractivity contribution in [2.75, 3.05) is 13.2 Å². The van der Waals surface area contributed by atoms with E-state index in [1.165, 1.54) is 12.8 Å². The number of aromatic nitrogens is 1. The van der Waals surface area contributed by atoms with Crippen LogP contribution in [0.4, 0.5) is 0 Å². The number of pyridine rings is 1. The second kappa shape index (κ2) is 5.85. The quantitative estimate of drug-likeness (QED) is 0.801. The Morgan fingerprint density at radius 2 is 2.32 bits per heavy atom. The van der Waals surface area contributed by atoms with E-state index in [1.807, 2.05) is 0 Å². The number of rotatable bonds is 4. The zero-order valence-electron chi connectivity index (χ0n) is 11.1. The first-order valence-corrected chi connectivity index (χ1v) is 6.47. The average molecular weight is 258 g/mol. The largest absolute Gasteiger partial charge is 0.395 e. The Hall–Kier alpha value is -1.86. The summed E-state index contributed by atoms with van der Waals surface area (Å²) in [7, 11) is 0. The van der Waals surface area contributed by atoms with Crippen molar-refractivity contribution in [1.29, 1.82) is 0 Å². The monoisotopic (exact) mass is 258 g/mol. The minimum atomic E-state index is -0.136. The molecular weight excluding hydrogens is 240 g/mol. The second-order valence-electron chi connectivity index (χ2n) is 5.20. The van der Waals surface area contributed by atoms with Crippen LogP contribution in [0.2, 0.25) is 0 Å². The van der Waals surface area contributed by atoms with Crippen molar-refractivity contribution in [1.82, 2.24) is 10.3 Å². The van der Waals surface area contributed by atoms with E-state index in [-0.39, 0.29) is 12.5 Å². The van der Waals surface area contributed by atoms with Crippen LogP contribution in [-0.4, -0.2) is 29.1 Å². The molecule has 2 N–H and O–H groups in total. The van der Waals surface area contributed by atoms with E-state index >= 15 is 0 Å². The van der Waals surface area contributed by atoms with E-state index in [2.05, 4.69) is 29.1 Å². The van der Waals surface area contributed by atoms with Crippen LogP contribution >= 0.6 is 0 Å². The van der Waals surface area contributed by atoms with E-state index < -0.39 is 0 Å². The lowest BCUT2D eigenvalue weighted by Gasteiger charge is -2.09. The molecule has 1 aromatic rings. The summed E-state index contributed by atoms with van der Waals surface area (Å²) in [4.78, 5) is 15.9. The maximum absolute atomic E-state index is 11.8. The van der Waals surface area contributed by atoms with Gasteiger partial charge in [-0.05, 0) is 30.4 Å². The molecule has 100 valence electrons. The molecule has 1 amide bonds. The Bertz CT molecular complexity index is 507. The van der Waals surface area contributed by atoms with Gasteiger partial charge in [-0.1, -0.05) is 18.8 Å². The maximum Gasteiger partial charge on any atom is 0.269 e. The Morgan fingerprint density at radius 3 is 2.89 bits per heavy atom. The molecule has 0 aromatic carbocycles. The van der Waals surface area contributed by atoms with Crippen molar-refractivity contribution < 1.29 is 9.90 Å². The molecule has 2 rings (SSSR count). The minimum Gasteiger partial charge on any atom is -0.395 e. The average Bonchev–Trinajstić information content (AvgIpc) is 3.16. The summed E-state index contributed by atoms with van der Waals surface area (Å²) in [5.41, 5.74) is 1.46. The highest BCUT2D eigenvalue weighted by atomic mass is 16.2. The predicted octanol–water partition coefficient (Wildman–Crippen LogP) is 1.35. The standard InChI is InChI=1S/C15H18N2O2/c1-15(7-8-15)11-17-14(19)13-6-5-12(10-16-13)4-2-3-9-18/h5-6,10,18H,3,7-9,11H2,1H3,(H,17,19). The van der Waals surface area contributed by atoms with Gasteiger partial charge in [-0.15, -0.1) is 0 Å². The number of aliphatic hydroxyl groups is 1. The van der Waals surface area contributed by atoms with Crippen LogP contribution in [-0.2, 0) is 0 Å². The normalized spacial score (nSPS) is 15.3. The van der Waals surface area contributed by atoms with Crippen molar-refractivity contribution in [2.24, 2.45) is 5.41 Å². The smallest absolute Gasteiger partial charge is 0.269 e. The van der Waals surface area contributed by atoms with Crippen LogP contribution in [0.15, 0.2) is 18.3 Å². The topological polar surface area (TPSA) is 62.2 Å². The van der Waals surface area contributed by atoms with Crippen molar-refractivity contribution in [3.8, 4) is 11.8 Å². The fourth-order valence-corrected chi connectivity index (χ4v) is 1.60. The van der Waals surface area contributed by atoms with Crippen molar-refractivity contribution in [3.63, 3.8) is 0 Å². The Balaban J connectivity index is 1.90. The van der Waals surface area contributed by atoms with Crippen LogP contribution in [0.5, 0.6) is 0 Å². The minimum absolute atomic E-state index is 0.0552. The number of aliphatic hydroxyl groups excluding tert-OH is 1. The van der Waals surface area contributed by atoms with E-state index in [9.17, 15) is 4.79 Å². The third-order valence-corrected chi connectivity index (χ3v) is 3.24. The number of nitrogens with zero attached hydrogens (tertiary/aromatic N) is 1. The summed E-state index contributed by atoms with van der Waals surface area (Å²) in [6.07, 6.45) is 4.39. The molecular formula is C15H18N2O2. The molecule has 19 heavy (non-hydrogen) atoms. The molecule has 4 heteroatoms. The highest BCUT2D eigenvalue weighted by Gasteiger charge is 2.37. The molecule has 1 aliphatic rings. The van der Waals surface area contributed by atoms with Gasteiger partial charge in [0, 0.05) is 24.7 Å². The van der Waals surface area contributed by atoms with E-state index in [1.54, 1.807) is 18.3 Å². The number of nitrogens with one attached hydrogen (secondary N) is 1. The molecule has 1 saturated carbocycles. The van der Waals surface area contributed by atoms with Gasteiger partial charge in [-0.25, -0.2) is 4.98 Å². The number of carbonyl (C=O) groups excluding carboxylic acids is 1. The molecule has 0 aliphatic heterocycles. The molecule has 0 radical (unpaired) electrons. The molecule has 1 heterocycles. The SMILES string of the molecule is CC1(CNC(=O)c2ccc(C#CCCO)cn2)CC1. The lowest BCUT2D eigenvalue weighted by Crippen LogP contribution is -2.29. The molecule has 1 fully saturated rings. The Labute approximate surface area is 113 Å². The molecule has 4 nitrogen and oxygen atoms in total. The zero-order valence-corrected chi connectivity index (χ0v) is 11.1. The van der Waals surface area contributed by atoms with Crippen LogP contribution in [0.1, 0.15) is 42.2 Å². The molecule has 1 aliphatic carbocycles. The van der Waals surface area contributed by atoms with Gasteiger partial charge >= 0.3 is 0 Å². The molecule has 0 unspecified atom stereocenters. The summed E-state index contributed by atoms with van der Waals surface area (Å²) in [6.45, 7) is 2.94. The van der Waals surface area contributed by atoms with Crippen LogP contribution in [0.3, 0.4) is 0 Å². The lowest BCUT2D eigenvalue weighted by molar-refractivity contribution is 0.0941. The summed E-state index contributed by atoms with van der Waals surface area (Å²) in [5, 5.41) is 11.5. The summed E-state index contributed by atoms with van der Waals surface area (Å²) < 4.78 is 0. The van der Waals surface area contributed by atoms with E-state index in [0.717, 1.165) is 5.56 Å². The third-order valence-electron chi connectivity index (χ3n) is 3.24. The van der Waals surface area contributed by atoms with Gasteiger partial charge < -0.3 is 10.4 Å². The van der Waals surface area contributed by atoms with Crippen LogP contribution < -0.4 is 5.32 Å². The number of hydrogen-bond acceptors (Lipinski definition) is 3. The third kappa shape index (κ3) is 4.08. The van der Waals surface area contributed by atoms with Crippen molar-refractivity contribution in [2.45, 2.75) is 26.2 Å². The summed E-state index contributed by atoms with van der Waals surface area (Å²) in [5.74, 6) is 5.55. The van der Waals surface area contributed by atoms with Crippen molar-refractivity contribution in [3.05, 3.63) is 29.6 Å². The number of amides is 1. The van der Waals surface area contributed by atoms with Gasteiger partial charge in [-0.2, -0.15) is 0 Å². The summed E-state index contributed by atoms with van der Waals surface area (Å²) in [6, 6.07) is 3.44. The molecule has 0 spiro atoms. The number of hydrogen-bond donors (Lipinski definition) is 2. The zero-order chi connectivity index (χ0) is 13.7. The van der Waals surface area contributed by atoms with Crippen LogP contribution in [0.25, 0.3) is 0 Å². The first-order valence-electron chi connectivity index (χ1n) is 6.47. The molecule has 0 bridgehead atoms. The lowest BCUT2D eigenvalue weighted by atomic mass is 10.1. The fraction of sp³-hybridized carbons (Fsp3) is 0.467. The van der Waals surface area contributed by atoms with Crippen LogP contribution in [0, 0.1) is 17.3 Å². The first kappa shape index (κ1) is 13.6. The van der Waals surface area contributed by atoms with Gasteiger partial charge in [0.15, 0.2) is 0 Å². The van der Waals surface area contributed by atoms with Gasteiger partial charge in [0.25, 0.3) is 5.91 Å². The van der Waals surface area contributed by atoms with E-state index in [0.29, 0.717) is 24.1 Å². The first-order chi connectivity index (χ1) is 9.13. The van der Waals surface area contributed by atoms with E-state index in [4.69, 9.17) is 5.11 Å². The second-order valence-corrected chi connectivity index (χ2v) is 5.20.